The van der Waals surface area contributed by atoms with E-state index in [4.69, 9.17) is 10.3 Å². The SMILES string of the molecule is NN(C=O)CCSCC(=O)Nc1ccc(-c2c3ccc(=O)cc-3oc3cc(O)ccc23)c(C(=O)O)c1. The number of aromatic hydroxyl groups is 1. The Morgan fingerprint density at radius 2 is 1.86 bits per heavy atom. The van der Waals surface area contributed by atoms with E-state index in [9.17, 15) is 29.4 Å². The lowest BCUT2D eigenvalue weighted by molar-refractivity contribution is -0.118. The van der Waals surface area contributed by atoms with Crippen molar-refractivity contribution in [2.45, 2.75) is 0 Å². The van der Waals surface area contributed by atoms with Crippen LogP contribution in [0.4, 0.5) is 5.69 Å². The van der Waals surface area contributed by atoms with Crippen LogP contribution in [0, 0.1) is 0 Å². The number of rotatable bonds is 9. The number of phenols is 1. The molecule has 1 aliphatic carbocycles. The van der Waals surface area contributed by atoms with Gasteiger partial charge in [0.25, 0.3) is 0 Å². The Labute approximate surface area is 208 Å². The van der Waals surface area contributed by atoms with Gasteiger partial charge in [-0.05, 0) is 42.0 Å². The van der Waals surface area contributed by atoms with E-state index in [-0.39, 0.29) is 46.3 Å². The van der Waals surface area contributed by atoms with Crippen LogP contribution in [-0.2, 0) is 9.59 Å². The van der Waals surface area contributed by atoms with E-state index in [1.807, 2.05) is 0 Å². The molecule has 0 saturated carbocycles. The van der Waals surface area contributed by atoms with Crippen LogP contribution in [-0.4, -0.2) is 51.6 Å². The molecule has 0 unspecified atom stereocenters. The van der Waals surface area contributed by atoms with Crippen LogP contribution in [0.2, 0.25) is 0 Å². The number of nitrogens with zero attached hydrogens (tertiary/aromatic N) is 1. The molecule has 0 fully saturated rings. The molecule has 0 saturated heterocycles. The molecule has 0 bridgehead atoms. The van der Waals surface area contributed by atoms with Crippen LogP contribution in [0.5, 0.6) is 5.75 Å². The second-order valence-electron chi connectivity index (χ2n) is 7.83. The number of carboxylic acids is 1. The van der Waals surface area contributed by atoms with Gasteiger partial charge >= 0.3 is 5.97 Å². The van der Waals surface area contributed by atoms with Gasteiger partial charge in [0, 0.05) is 46.6 Å². The van der Waals surface area contributed by atoms with Gasteiger partial charge in [-0.3, -0.25) is 19.4 Å². The number of carboxylic acid groups (broad SMARTS) is 1. The summed E-state index contributed by atoms with van der Waals surface area (Å²) < 4.78 is 5.82. The number of hydrazine groups is 1. The van der Waals surface area contributed by atoms with Crippen LogP contribution in [0.3, 0.4) is 0 Å². The van der Waals surface area contributed by atoms with Crippen molar-refractivity contribution in [2.24, 2.45) is 5.84 Å². The summed E-state index contributed by atoms with van der Waals surface area (Å²) in [5.41, 5.74) is 1.60. The first-order chi connectivity index (χ1) is 17.3. The summed E-state index contributed by atoms with van der Waals surface area (Å²) in [5, 5.41) is 24.1. The Morgan fingerprint density at radius 3 is 2.61 bits per heavy atom. The Bertz CT molecular complexity index is 1500. The molecule has 5 N–H and O–H groups in total. The van der Waals surface area contributed by atoms with Gasteiger partial charge in [-0.2, -0.15) is 11.8 Å². The van der Waals surface area contributed by atoms with Gasteiger partial charge in [-0.15, -0.1) is 0 Å². The van der Waals surface area contributed by atoms with Gasteiger partial charge in [0.2, 0.25) is 12.3 Å². The summed E-state index contributed by atoms with van der Waals surface area (Å²) in [6.45, 7) is 0.288. The molecule has 0 spiro atoms. The van der Waals surface area contributed by atoms with Crippen LogP contribution < -0.4 is 16.6 Å². The number of hydrogen-bond acceptors (Lipinski definition) is 8. The molecule has 36 heavy (non-hydrogen) atoms. The maximum Gasteiger partial charge on any atom is 0.336 e. The Morgan fingerprint density at radius 1 is 1.08 bits per heavy atom. The number of nitrogens with two attached hydrogens (primary N) is 1. The smallest absolute Gasteiger partial charge is 0.336 e. The maximum atomic E-state index is 12.3. The monoisotopic (exact) mass is 507 g/mol. The summed E-state index contributed by atoms with van der Waals surface area (Å²) in [7, 11) is 0. The van der Waals surface area contributed by atoms with Crippen molar-refractivity contribution in [2.75, 3.05) is 23.4 Å². The molecule has 1 heterocycles. The number of thioether (sulfide) groups is 1. The van der Waals surface area contributed by atoms with Crippen molar-refractivity contribution < 1.29 is 29.0 Å². The third-order valence-electron chi connectivity index (χ3n) is 5.34. The largest absolute Gasteiger partial charge is 0.508 e. The third kappa shape index (κ3) is 5.32. The number of carbonyl (C=O) groups excluding carboxylic acids is 2. The minimum Gasteiger partial charge on any atom is -0.508 e. The van der Waals surface area contributed by atoms with E-state index < -0.39 is 5.97 Å². The van der Waals surface area contributed by atoms with E-state index >= 15 is 0 Å². The lowest BCUT2D eigenvalue weighted by Gasteiger charge is -2.17. The highest BCUT2D eigenvalue weighted by Gasteiger charge is 2.22. The third-order valence-corrected chi connectivity index (χ3v) is 6.28. The molecule has 4 rings (SSSR count). The highest BCUT2D eigenvalue weighted by Crippen LogP contribution is 2.42. The maximum absolute atomic E-state index is 12.3. The lowest BCUT2D eigenvalue weighted by Crippen LogP contribution is -2.31. The number of carbonyl (C=O) groups is 3. The van der Waals surface area contributed by atoms with Gasteiger partial charge in [0.1, 0.15) is 17.1 Å². The summed E-state index contributed by atoms with van der Waals surface area (Å²) in [4.78, 5) is 47.0. The van der Waals surface area contributed by atoms with Crippen molar-refractivity contribution in [1.29, 1.82) is 0 Å². The van der Waals surface area contributed by atoms with Crippen molar-refractivity contribution in [3.8, 4) is 28.2 Å². The Hall–Kier alpha value is -4.35. The van der Waals surface area contributed by atoms with Crippen molar-refractivity contribution >= 4 is 46.7 Å². The fourth-order valence-electron chi connectivity index (χ4n) is 3.75. The number of hydrogen-bond donors (Lipinski definition) is 4. The number of benzene rings is 3. The predicted molar refractivity (Wildman–Crippen MR) is 136 cm³/mol. The van der Waals surface area contributed by atoms with Crippen molar-refractivity contribution in [1.82, 2.24) is 5.01 Å². The minimum absolute atomic E-state index is 0.0467. The molecule has 0 radical (unpaired) electrons. The zero-order valence-electron chi connectivity index (χ0n) is 18.8. The van der Waals surface area contributed by atoms with E-state index in [2.05, 4.69) is 5.32 Å². The lowest BCUT2D eigenvalue weighted by atomic mass is 9.90. The summed E-state index contributed by atoms with van der Waals surface area (Å²) in [6.07, 6.45) is 0.491. The van der Waals surface area contributed by atoms with Crippen molar-refractivity contribution in [3.05, 3.63) is 70.4 Å². The van der Waals surface area contributed by atoms with Crippen LogP contribution in [0.15, 0.2) is 63.8 Å². The van der Waals surface area contributed by atoms with E-state index in [0.29, 0.717) is 39.9 Å². The first-order valence-electron chi connectivity index (χ1n) is 10.7. The summed E-state index contributed by atoms with van der Waals surface area (Å²) >= 11 is 1.27. The average molecular weight is 508 g/mol. The molecular formula is C25H21N3O7S. The molecule has 1 aliphatic heterocycles. The Balaban J connectivity index is 1.71. The fourth-order valence-corrected chi connectivity index (χ4v) is 4.49. The highest BCUT2D eigenvalue weighted by atomic mass is 32.2. The van der Waals surface area contributed by atoms with Gasteiger partial charge in [0.15, 0.2) is 5.43 Å². The van der Waals surface area contributed by atoms with Gasteiger partial charge in [0.05, 0.1) is 11.3 Å². The Kier molecular flexibility index (Phi) is 7.23. The molecule has 0 aromatic heterocycles. The number of amides is 2. The quantitative estimate of drug-likeness (QED) is 0.0666. The van der Waals surface area contributed by atoms with E-state index in [1.54, 1.807) is 24.3 Å². The highest BCUT2D eigenvalue weighted by molar-refractivity contribution is 7.99. The van der Waals surface area contributed by atoms with Gasteiger partial charge in [-0.1, -0.05) is 6.07 Å². The van der Waals surface area contributed by atoms with E-state index in [0.717, 1.165) is 5.01 Å². The average Bonchev–Trinajstić information content (AvgIpc) is 2.84. The summed E-state index contributed by atoms with van der Waals surface area (Å²) in [5.74, 6) is 4.56. The summed E-state index contributed by atoms with van der Waals surface area (Å²) in [6, 6.07) is 13.2. The molecule has 2 aliphatic rings. The molecule has 2 aromatic rings. The second kappa shape index (κ2) is 10.5. The van der Waals surface area contributed by atoms with Crippen LogP contribution in [0.1, 0.15) is 10.4 Å². The standard InChI is InChI=1S/C25H21N3O7S/c26-28(13-29)7-8-36-12-23(32)27-14-1-4-17(20(9-14)25(33)34)24-18-5-2-15(30)10-21(18)35-22-11-16(31)3-6-19(22)24/h1-6,9-11,13,30H,7-8,12,26H2,(H,27,32)(H,33,34). The topological polar surface area (TPSA) is 163 Å². The van der Waals surface area contributed by atoms with Crippen LogP contribution >= 0.6 is 11.8 Å². The first-order valence-corrected chi connectivity index (χ1v) is 11.8. The molecule has 0 atom stereocenters. The molecular weight excluding hydrogens is 486 g/mol. The zero-order chi connectivity index (χ0) is 25.8. The number of nitrogens with one attached hydrogen (secondary N) is 1. The number of anilines is 1. The number of fused-ring (bicyclic) bond motifs is 2. The molecule has 184 valence electrons. The van der Waals surface area contributed by atoms with Crippen molar-refractivity contribution in [3.63, 3.8) is 0 Å². The molecule has 2 amide bonds. The molecule has 2 aromatic carbocycles. The van der Waals surface area contributed by atoms with Gasteiger partial charge in [-0.25, -0.2) is 10.6 Å². The molecule has 10 nitrogen and oxygen atoms in total. The van der Waals surface area contributed by atoms with Crippen LogP contribution in [0.25, 0.3) is 33.4 Å². The normalized spacial score (nSPS) is 10.9. The second-order valence-corrected chi connectivity index (χ2v) is 8.93. The first kappa shape index (κ1) is 24.8. The van der Waals surface area contributed by atoms with E-state index in [1.165, 1.54) is 42.1 Å². The zero-order valence-corrected chi connectivity index (χ0v) is 19.6. The number of phenolic OH excluding ortho intramolecular Hbond substituents is 1. The fraction of sp³-hybridized carbons (Fsp3) is 0.120. The van der Waals surface area contributed by atoms with Gasteiger partial charge < -0.3 is 19.9 Å². The molecule has 11 heteroatoms. The number of aromatic carboxylic acids is 1. The minimum atomic E-state index is -1.21. The predicted octanol–water partition coefficient (Wildman–Crippen LogP) is 2.97.